The summed E-state index contributed by atoms with van der Waals surface area (Å²) in [5, 5.41) is 8.06. The zero-order valence-electron chi connectivity index (χ0n) is 49.0. The SMILES string of the molecule is C=O.C=O.C=O.C=O.C=O.C=O.C=O.C=O.CC.CC(=O)N1CCCCC1.CC(C)C.CC(C)O.CCC(C)C.CCC(C)C.CCc1ccccc1.CCc1ccccc1.CN.CN.CN.N.N.N. The van der Waals surface area contributed by atoms with E-state index < -0.39 is 0 Å². The van der Waals surface area contributed by atoms with Crippen molar-refractivity contribution in [1.82, 2.24) is 23.4 Å². The van der Waals surface area contributed by atoms with Crippen molar-refractivity contribution in [2.24, 2.45) is 35.0 Å². The van der Waals surface area contributed by atoms with Crippen LogP contribution in [-0.2, 0) is 56.0 Å². The third-order valence-corrected chi connectivity index (χ3v) is 5.94. The number of carbonyl (C=O) groups is 9. The van der Waals surface area contributed by atoms with Gasteiger partial charge in [0, 0.05) is 26.1 Å². The highest BCUT2D eigenvalue weighted by atomic mass is 16.3. The quantitative estimate of drug-likeness (QED) is 0.150. The van der Waals surface area contributed by atoms with E-state index in [-0.39, 0.29) is 30.5 Å². The number of likely N-dealkylation sites (tertiary alicyclic amines) is 1. The topological polar surface area (TPSA) is 360 Å². The van der Waals surface area contributed by atoms with Gasteiger partial charge < -0.3 is 84.0 Å². The lowest BCUT2D eigenvalue weighted by atomic mass is 10.1. The van der Waals surface area contributed by atoms with E-state index in [2.05, 4.69) is 142 Å². The Hall–Kier alpha value is -5.01. The molecule has 0 aromatic heterocycles. The predicted octanol–water partition coefficient (Wildman–Crippen LogP) is 10.4. The number of amides is 1. The fraction of sp³-hybridized carbons (Fsp3) is 0.604. The molecule has 1 amide bonds. The second kappa shape index (κ2) is 176. The normalized spacial score (nSPS) is 7.84. The van der Waals surface area contributed by atoms with Gasteiger partial charge >= 0.3 is 0 Å². The molecule has 2 aromatic rings. The maximum absolute atomic E-state index is 10.7. The highest BCUT2D eigenvalue weighted by Crippen LogP contribution is 2.07. The van der Waals surface area contributed by atoms with Crippen molar-refractivity contribution in [3.8, 4) is 0 Å². The highest BCUT2D eigenvalue weighted by molar-refractivity contribution is 5.73. The van der Waals surface area contributed by atoms with Crippen LogP contribution < -0.4 is 35.7 Å². The number of nitrogens with zero attached hydrogens (tertiary/aromatic N) is 1. The van der Waals surface area contributed by atoms with Crippen molar-refractivity contribution in [1.29, 1.82) is 0 Å². The van der Waals surface area contributed by atoms with E-state index in [9.17, 15) is 4.79 Å². The zero-order valence-corrected chi connectivity index (χ0v) is 49.0. The lowest BCUT2D eigenvalue weighted by Crippen LogP contribution is -2.33. The van der Waals surface area contributed by atoms with Crippen molar-refractivity contribution < 1.29 is 48.3 Å². The molecule has 70 heavy (non-hydrogen) atoms. The van der Waals surface area contributed by atoms with Crippen molar-refractivity contribution >= 4 is 60.2 Å². The summed E-state index contributed by atoms with van der Waals surface area (Å²) in [5.41, 5.74) is 16.3. The van der Waals surface area contributed by atoms with Crippen LogP contribution in [0, 0.1) is 17.8 Å². The van der Waals surface area contributed by atoms with Crippen molar-refractivity contribution in [2.75, 3.05) is 34.2 Å². The first-order chi connectivity index (χ1) is 32.2. The van der Waals surface area contributed by atoms with Gasteiger partial charge in [-0.25, -0.2) is 0 Å². The van der Waals surface area contributed by atoms with Crippen LogP contribution in [0.1, 0.15) is 154 Å². The van der Waals surface area contributed by atoms with E-state index in [0.717, 1.165) is 43.7 Å². The smallest absolute Gasteiger partial charge is 0.219 e. The Bertz CT molecular complexity index is 856. The standard InChI is InChI=1S/2C8H10.C7H13NO.2C5H12.C4H10.C3H8O.C2H6.3CH5N.8CH2O.3H3N/c2*1-2-8-6-4-3-5-7-8;1-7(9)8-5-3-2-4-6-8;2*1-4-5(2)3;1-4(2)3;1-3(2)4;12*1-2;;;/h2*3-7H,2H2,1H3;2-6H2,1H3;2*5H,4H2,1-3H3;4H,1-3H3;3-4H,1-2H3;1-2H3;3*2H2,1H3;8*1H2;3*1H3. The molecule has 0 atom stereocenters. The first kappa shape index (κ1) is 126. The summed E-state index contributed by atoms with van der Waals surface area (Å²) >= 11 is 0. The van der Waals surface area contributed by atoms with Crippen molar-refractivity contribution in [3.63, 3.8) is 0 Å². The summed E-state index contributed by atoms with van der Waals surface area (Å²) in [6.07, 6.45) is 8.41. The Morgan fingerprint density at radius 2 is 0.629 bits per heavy atom. The van der Waals surface area contributed by atoms with Crippen LogP contribution in [0.4, 0.5) is 0 Å². The minimum atomic E-state index is -0.167. The fourth-order valence-corrected chi connectivity index (χ4v) is 2.64. The molecule has 1 aliphatic heterocycles. The van der Waals surface area contributed by atoms with Crippen LogP contribution in [-0.4, -0.2) is 111 Å². The van der Waals surface area contributed by atoms with Gasteiger partial charge in [-0.2, -0.15) is 0 Å². The molecule has 0 radical (unpaired) electrons. The van der Waals surface area contributed by atoms with Crippen LogP contribution in [0.3, 0.4) is 0 Å². The summed E-state index contributed by atoms with van der Waals surface area (Å²) < 4.78 is 0. The van der Waals surface area contributed by atoms with Gasteiger partial charge in [-0.3, -0.25) is 4.79 Å². The highest BCUT2D eigenvalue weighted by Gasteiger charge is 2.11. The maximum atomic E-state index is 10.7. The Labute approximate surface area is 433 Å². The number of hydrogen-bond acceptors (Lipinski definition) is 16. The largest absolute Gasteiger partial charge is 0.394 e. The fourth-order valence-electron chi connectivity index (χ4n) is 2.64. The monoisotopic (exact) mass is 1020 g/mol. The first-order valence-corrected chi connectivity index (χ1v) is 22.2. The van der Waals surface area contributed by atoms with Crippen LogP contribution >= 0.6 is 0 Å². The average molecular weight is 1020 g/mol. The summed E-state index contributed by atoms with van der Waals surface area (Å²) in [5.74, 6) is 2.83. The number of aliphatic hydroxyl groups is 1. The number of nitrogens with two attached hydrogens (primary N) is 3. The molecule has 0 saturated carbocycles. The van der Waals surface area contributed by atoms with Gasteiger partial charge in [0.2, 0.25) is 5.91 Å². The number of hydrogen-bond donors (Lipinski definition) is 7. The molecular weight excluding hydrogens is 895 g/mol. The summed E-state index contributed by atoms with van der Waals surface area (Å²) in [6, 6.07) is 20.9. The summed E-state index contributed by atoms with van der Waals surface area (Å²) in [6.45, 7) is 51.2. The Morgan fingerprint density at radius 1 is 0.471 bits per heavy atom. The van der Waals surface area contributed by atoms with Gasteiger partial charge in [0.15, 0.2) is 0 Å². The number of aryl methyl sites for hydroxylation is 2. The molecule has 0 aliphatic carbocycles. The molecule has 0 unspecified atom stereocenters. The Balaban J connectivity index is -0.0000000239. The van der Waals surface area contributed by atoms with Crippen LogP contribution in [0.25, 0.3) is 0 Å². The van der Waals surface area contributed by atoms with Gasteiger partial charge in [-0.1, -0.05) is 164 Å². The summed E-state index contributed by atoms with van der Waals surface area (Å²) in [7, 11) is 4.50. The minimum Gasteiger partial charge on any atom is -0.394 e. The third kappa shape index (κ3) is 252. The number of benzene rings is 2. The molecule has 3 rings (SSSR count). The second-order valence-electron chi connectivity index (χ2n) is 12.7. The molecular formula is C53H121N7O10. The van der Waals surface area contributed by atoms with E-state index >= 15 is 0 Å². The van der Waals surface area contributed by atoms with Crippen LogP contribution in [0.15, 0.2) is 60.7 Å². The number of carbonyl (C=O) groups excluding carboxylic acids is 9. The molecule has 0 spiro atoms. The lowest BCUT2D eigenvalue weighted by Gasteiger charge is -2.24. The molecule has 1 heterocycles. The molecule has 2 aromatic carbocycles. The molecule has 0 bridgehead atoms. The lowest BCUT2D eigenvalue weighted by molar-refractivity contribution is -0.129. The predicted molar refractivity (Wildman–Crippen MR) is 310 cm³/mol. The average Bonchev–Trinajstić information content (AvgIpc) is 3.42. The molecule has 1 aliphatic rings. The molecule has 16 N–H and O–H groups in total. The Morgan fingerprint density at radius 3 is 0.714 bits per heavy atom. The van der Waals surface area contributed by atoms with Crippen LogP contribution in [0.5, 0.6) is 0 Å². The van der Waals surface area contributed by atoms with E-state index in [1.807, 2.05) is 85.2 Å². The van der Waals surface area contributed by atoms with Crippen molar-refractivity contribution in [2.45, 2.75) is 162 Å². The van der Waals surface area contributed by atoms with Gasteiger partial charge in [-0.05, 0) is 96.0 Å². The van der Waals surface area contributed by atoms with Gasteiger partial charge in [0.25, 0.3) is 0 Å². The van der Waals surface area contributed by atoms with Gasteiger partial charge in [0.05, 0.1) is 0 Å². The summed E-state index contributed by atoms with van der Waals surface area (Å²) in [4.78, 5) is 76.6. The molecule has 17 nitrogen and oxygen atoms in total. The van der Waals surface area contributed by atoms with Gasteiger partial charge in [-0.15, -0.1) is 0 Å². The first-order valence-electron chi connectivity index (χ1n) is 22.2. The van der Waals surface area contributed by atoms with E-state index in [0.29, 0.717) is 0 Å². The van der Waals surface area contributed by atoms with E-state index in [4.69, 9.17) is 43.5 Å². The zero-order chi connectivity index (χ0) is 58.1. The molecule has 428 valence electrons. The number of rotatable bonds is 4. The maximum Gasteiger partial charge on any atom is 0.219 e. The van der Waals surface area contributed by atoms with Crippen LogP contribution in [0.2, 0.25) is 0 Å². The Kier molecular flexibility index (Phi) is 316. The molecule has 1 saturated heterocycles. The van der Waals surface area contributed by atoms with E-state index in [1.54, 1.807) is 20.8 Å². The molecule has 1 fully saturated rings. The molecule has 17 heteroatoms. The van der Waals surface area contributed by atoms with Crippen molar-refractivity contribution in [3.05, 3.63) is 71.8 Å². The van der Waals surface area contributed by atoms with E-state index in [1.165, 1.54) is 64.4 Å². The number of aliphatic hydroxyl groups excluding tert-OH is 1. The number of piperidine rings is 1. The third-order valence-electron chi connectivity index (χ3n) is 5.94. The minimum absolute atomic E-state index is 0. The second-order valence-corrected chi connectivity index (χ2v) is 12.7. The van der Waals surface area contributed by atoms with Gasteiger partial charge in [0.1, 0.15) is 54.3 Å².